The third-order valence-electron chi connectivity index (χ3n) is 5.59. The van der Waals surface area contributed by atoms with E-state index in [1.165, 1.54) is 0 Å². The van der Waals surface area contributed by atoms with Gasteiger partial charge in [0.05, 0.1) is 29.9 Å². The number of rotatable bonds is 4. The SMILES string of the molecule is O=C(OCc1cc(C(F)(F)F)cc(C(F)(F)F)c1)C1(N2CCNCC2)C=C2C=NCCN2N1. The summed E-state index contributed by atoms with van der Waals surface area (Å²) in [6.45, 7) is 2.37. The maximum Gasteiger partial charge on any atom is 0.416 e. The maximum atomic E-state index is 13.2. The molecule has 4 rings (SSSR count). The standard InChI is InChI=1S/C20H21F6N5O2/c21-19(22,23)14-7-13(8-15(9-14)20(24,25)26)12-33-17(32)18(30-4-1-27-2-5-30)10-16-11-28-3-6-31(16)29-18/h7-11,27,29H,1-6,12H2. The predicted octanol–water partition coefficient (Wildman–Crippen LogP) is 2.16. The van der Waals surface area contributed by atoms with E-state index in [1.807, 2.05) is 4.90 Å². The molecule has 1 aromatic carbocycles. The van der Waals surface area contributed by atoms with Gasteiger partial charge in [0.1, 0.15) is 6.61 Å². The van der Waals surface area contributed by atoms with Crippen molar-refractivity contribution in [2.24, 2.45) is 4.99 Å². The highest BCUT2D eigenvalue weighted by Crippen LogP contribution is 2.36. The van der Waals surface area contributed by atoms with Crippen LogP contribution in [0.2, 0.25) is 0 Å². The number of benzene rings is 1. The number of hydrogen-bond acceptors (Lipinski definition) is 7. The number of halogens is 6. The van der Waals surface area contributed by atoms with E-state index in [2.05, 4.69) is 15.7 Å². The lowest BCUT2D eigenvalue weighted by Crippen LogP contribution is -2.67. The number of nitrogens with one attached hydrogen (secondary N) is 2. The Bertz CT molecular complexity index is 938. The van der Waals surface area contributed by atoms with E-state index in [9.17, 15) is 31.1 Å². The Morgan fingerprint density at radius 3 is 2.24 bits per heavy atom. The van der Waals surface area contributed by atoms with E-state index in [0.717, 1.165) is 0 Å². The van der Waals surface area contributed by atoms with Gasteiger partial charge in [-0.3, -0.25) is 9.89 Å². The third kappa shape index (κ3) is 4.84. The van der Waals surface area contributed by atoms with Crippen molar-refractivity contribution in [3.8, 4) is 0 Å². The van der Waals surface area contributed by atoms with E-state index >= 15 is 0 Å². The van der Waals surface area contributed by atoms with Crippen LogP contribution in [0.15, 0.2) is 35.0 Å². The number of allylic oxidation sites excluding steroid dienone is 1. The van der Waals surface area contributed by atoms with Gasteiger partial charge >= 0.3 is 18.3 Å². The van der Waals surface area contributed by atoms with Crippen LogP contribution in [0.3, 0.4) is 0 Å². The van der Waals surface area contributed by atoms with Crippen molar-refractivity contribution < 1.29 is 35.9 Å². The Labute approximate surface area is 185 Å². The smallest absolute Gasteiger partial charge is 0.416 e. The quantitative estimate of drug-likeness (QED) is 0.512. The first kappa shape index (κ1) is 23.5. The van der Waals surface area contributed by atoms with E-state index in [0.29, 0.717) is 57.1 Å². The van der Waals surface area contributed by atoms with Crippen molar-refractivity contribution in [2.45, 2.75) is 24.6 Å². The zero-order valence-corrected chi connectivity index (χ0v) is 17.3. The summed E-state index contributed by atoms with van der Waals surface area (Å²) >= 11 is 0. The van der Waals surface area contributed by atoms with Crippen LogP contribution in [-0.2, 0) is 28.5 Å². The van der Waals surface area contributed by atoms with Gasteiger partial charge in [0.15, 0.2) is 0 Å². The molecule has 1 fully saturated rings. The number of esters is 1. The van der Waals surface area contributed by atoms with Gasteiger partial charge in [0.25, 0.3) is 0 Å². The second kappa shape index (κ2) is 8.61. The second-order valence-corrected chi connectivity index (χ2v) is 7.86. The Morgan fingerprint density at radius 2 is 1.67 bits per heavy atom. The van der Waals surface area contributed by atoms with E-state index < -0.39 is 47.3 Å². The van der Waals surface area contributed by atoms with Gasteiger partial charge in [-0.25, -0.2) is 4.79 Å². The number of alkyl halides is 6. The first-order valence-electron chi connectivity index (χ1n) is 10.2. The molecule has 1 aromatic rings. The van der Waals surface area contributed by atoms with Crippen molar-refractivity contribution >= 4 is 12.2 Å². The average molecular weight is 477 g/mol. The van der Waals surface area contributed by atoms with Gasteiger partial charge in [-0.1, -0.05) is 0 Å². The molecule has 3 heterocycles. The number of ether oxygens (including phenoxy) is 1. The van der Waals surface area contributed by atoms with Gasteiger partial charge in [0.2, 0.25) is 5.66 Å². The monoisotopic (exact) mass is 477 g/mol. The fourth-order valence-corrected chi connectivity index (χ4v) is 3.98. The molecule has 7 nitrogen and oxygen atoms in total. The summed E-state index contributed by atoms with van der Waals surface area (Å²) in [6.07, 6.45) is -6.75. The molecule has 0 bridgehead atoms. The minimum absolute atomic E-state index is 0.0355. The molecule has 0 spiro atoms. The number of aliphatic imine (C=N–C) groups is 1. The van der Waals surface area contributed by atoms with E-state index in [-0.39, 0.29) is 6.07 Å². The predicted molar refractivity (Wildman–Crippen MR) is 105 cm³/mol. The van der Waals surface area contributed by atoms with E-state index in [4.69, 9.17) is 4.74 Å². The molecule has 3 aliphatic heterocycles. The fourth-order valence-electron chi connectivity index (χ4n) is 3.98. The van der Waals surface area contributed by atoms with Crippen LogP contribution in [0.1, 0.15) is 16.7 Å². The molecule has 13 heteroatoms. The number of hydrazine groups is 1. The van der Waals surface area contributed by atoms with Gasteiger partial charge in [0, 0.05) is 32.4 Å². The highest BCUT2D eigenvalue weighted by molar-refractivity contribution is 5.88. The lowest BCUT2D eigenvalue weighted by Gasteiger charge is -2.41. The summed E-state index contributed by atoms with van der Waals surface area (Å²) in [5.74, 6) is -0.828. The zero-order valence-electron chi connectivity index (χ0n) is 17.3. The summed E-state index contributed by atoms with van der Waals surface area (Å²) < 4.78 is 84.1. The molecule has 1 saturated heterocycles. The summed E-state index contributed by atoms with van der Waals surface area (Å²) in [4.78, 5) is 19.2. The van der Waals surface area contributed by atoms with Crippen LogP contribution >= 0.6 is 0 Å². The number of piperazine rings is 1. The van der Waals surface area contributed by atoms with Gasteiger partial charge in [-0.2, -0.15) is 31.8 Å². The molecule has 3 aliphatic rings. The Balaban J connectivity index is 1.60. The molecule has 0 aliphatic carbocycles. The topological polar surface area (TPSA) is 69.2 Å². The van der Waals surface area contributed by atoms with Crippen LogP contribution in [0, 0.1) is 0 Å². The number of fused-ring (bicyclic) bond motifs is 1. The first-order chi connectivity index (χ1) is 15.5. The molecule has 1 atom stereocenters. The summed E-state index contributed by atoms with van der Waals surface area (Å²) in [7, 11) is 0. The molecule has 0 saturated carbocycles. The maximum absolute atomic E-state index is 13.2. The Kier molecular flexibility index (Phi) is 6.14. The molecule has 2 N–H and O–H groups in total. The molecule has 0 amide bonds. The molecule has 180 valence electrons. The minimum Gasteiger partial charge on any atom is -0.458 e. The number of carbonyl (C=O) groups excluding carboxylic acids is 1. The fraction of sp³-hybridized carbons (Fsp3) is 0.500. The first-order valence-corrected chi connectivity index (χ1v) is 10.2. The molecule has 33 heavy (non-hydrogen) atoms. The van der Waals surface area contributed by atoms with Crippen molar-refractivity contribution in [3.05, 3.63) is 46.7 Å². The minimum atomic E-state index is -4.98. The molecular weight excluding hydrogens is 456 g/mol. The largest absolute Gasteiger partial charge is 0.458 e. The van der Waals surface area contributed by atoms with Crippen molar-refractivity contribution in [1.29, 1.82) is 0 Å². The Morgan fingerprint density at radius 1 is 1.03 bits per heavy atom. The van der Waals surface area contributed by atoms with Crippen molar-refractivity contribution in [1.82, 2.24) is 20.7 Å². The number of carbonyl (C=O) groups is 1. The lowest BCUT2D eigenvalue weighted by molar-refractivity contribution is -0.161. The highest BCUT2D eigenvalue weighted by Gasteiger charge is 2.50. The van der Waals surface area contributed by atoms with Crippen LogP contribution in [0.5, 0.6) is 0 Å². The van der Waals surface area contributed by atoms with E-state index in [1.54, 1.807) is 17.3 Å². The molecule has 0 aromatic heterocycles. The zero-order chi connectivity index (χ0) is 23.9. The highest BCUT2D eigenvalue weighted by atomic mass is 19.4. The average Bonchev–Trinajstić information content (AvgIpc) is 3.18. The summed E-state index contributed by atoms with van der Waals surface area (Å²) in [5.41, 5.74) is -1.05. The van der Waals surface area contributed by atoms with Crippen molar-refractivity contribution in [3.63, 3.8) is 0 Å². The normalized spacial score (nSPS) is 23.9. The molecular formula is C20H21F6N5O2. The number of hydrogen-bond donors (Lipinski definition) is 2. The van der Waals surface area contributed by atoms with Crippen LogP contribution in [0.25, 0.3) is 0 Å². The molecule has 0 radical (unpaired) electrons. The summed E-state index contributed by atoms with van der Waals surface area (Å²) in [5, 5.41) is 4.88. The van der Waals surface area contributed by atoms with Crippen molar-refractivity contribution in [2.75, 3.05) is 39.3 Å². The second-order valence-electron chi connectivity index (χ2n) is 7.86. The van der Waals surface area contributed by atoms with Gasteiger partial charge in [-0.15, -0.1) is 0 Å². The van der Waals surface area contributed by atoms with Gasteiger partial charge in [-0.05, 0) is 29.8 Å². The molecule has 1 unspecified atom stereocenters. The summed E-state index contributed by atoms with van der Waals surface area (Å²) in [6, 6.07) is 1.14. The Hall–Kier alpha value is -2.64. The van der Waals surface area contributed by atoms with Gasteiger partial charge < -0.3 is 15.1 Å². The van der Waals surface area contributed by atoms with Crippen LogP contribution in [-0.4, -0.2) is 67.0 Å². The third-order valence-corrected chi connectivity index (χ3v) is 5.59. The lowest BCUT2D eigenvalue weighted by atomic mass is 10.0. The van der Waals surface area contributed by atoms with Crippen LogP contribution in [0.4, 0.5) is 26.3 Å². The number of nitrogens with zero attached hydrogens (tertiary/aromatic N) is 3. The van der Waals surface area contributed by atoms with Crippen LogP contribution < -0.4 is 10.7 Å².